The second-order valence-electron chi connectivity index (χ2n) is 5.90. The lowest BCUT2D eigenvalue weighted by Crippen LogP contribution is -2.28. The molecule has 1 N–H and O–H groups in total. The molecule has 2 aromatic rings. The maximum absolute atomic E-state index is 12.1. The summed E-state index contributed by atoms with van der Waals surface area (Å²) in [6, 6.07) is 15.0. The van der Waals surface area contributed by atoms with Crippen molar-refractivity contribution >= 4 is 17.8 Å². The van der Waals surface area contributed by atoms with Gasteiger partial charge in [-0.1, -0.05) is 24.3 Å². The number of carbonyl (C=O) groups excluding carboxylic acids is 1. The van der Waals surface area contributed by atoms with Gasteiger partial charge in [0.1, 0.15) is 23.9 Å². The third-order valence-corrected chi connectivity index (χ3v) is 3.94. The largest absolute Gasteiger partial charge is 0.490 e. The molecule has 0 aromatic heterocycles. The molecule has 6 nitrogen and oxygen atoms in total. The van der Waals surface area contributed by atoms with E-state index in [0.717, 1.165) is 23.5 Å². The van der Waals surface area contributed by atoms with Crippen molar-refractivity contribution in [2.24, 2.45) is 4.99 Å². The molecular formula is C20H18N2O4. The van der Waals surface area contributed by atoms with E-state index in [0.29, 0.717) is 30.5 Å². The molecule has 0 fully saturated rings. The summed E-state index contributed by atoms with van der Waals surface area (Å²) in [4.78, 5) is 16.5. The Kier molecular flexibility index (Phi) is 4.55. The van der Waals surface area contributed by atoms with Crippen LogP contribution in [0.3, 0.4) is 0 Å². The summed E-state index contributed by atoms with van der Waals surface area (Å²) in [7, 11) is 0. The molecule has 4 rings (SSSR count). The molecule has 132 valence electrons. The number of ether oxygens (including phenoxy) is 3. The van der Waals surface area contributed by atoms with E-state index in [9.17, 15) is 4.79 Å². The Labute approximate surface area is 151 Å². The number of hydrogen-bond acceptors (Lipinski definition) is 5. The van der Waals surface area contributed by atoms with Gasteiger partial charge in [-0.2, -0.15) is 0 Å². The van der Waals surface area contributed by atoms with Crippen molar-refractivity contribution in [3.8, 4) is 17.2 Å². The molecular weight excluding hydrogens is 332 g/mol. The van der Waals surface area contributed by atoms with Crippen molar-refractivity contribution in [3.63, 3.8) is 0 Å². The van der Waals surface area contributed by atoms with Gasteiger partial charge in [0.2, 0.25) is 0 Å². The van der Waals surface area contributed by atoms with E-state index in [-0.39, 0.29) is 12.5 Å². The molecule has 6 heteroatoms. The van der Waals surface area contributed by atoms with Crippen LogP contribution >= 0.6 is 0 Å². The highest BCUT2D eigenvalue weighted by atomic mass is 16.5. The van der Waals surface area contributed by atoms with Crippen LogP contribution < -0.4 is 19.5 Å². The van der Waals surface area contributed by atoms with Crippen molar-refractivity contribution in [1.29, 1.82) is 0 Å². The minimum atomic E-state index is -0.247. The highest BCUT2D eigenvalue weighted by Crippen LogP contribution is 2.31. The minimum Gasteiger partial charge on any atom is -0.490 e. The van der Waals surface area contributed by atoms with E-state index in [1.165, 1.54) is 0 Å². The average molecular weight is 350 g/mol. The van der Waals surface area contributed by atoms with Crippen LogP contribution in [0.4, 0.5) is 0 Å². The first kappa shape index (κ1) is 16.2. The van der Waals surface area contributed by atoms with Gasteiger partial charge in [-0.25, -0.2) is 4.99 Å². The van der Waals surface area contributed by atoms with Crippen molar-refractivity contribution < 1.29 is 19.0 Å². The molecule has 0 spiro atoms. The SMILES string of the molecule is O=C1NC(COc2ccccc2)=N/C1=C/c1ccc2c(c1)OCCCO2. The number of para-hydroxylation sites is 1. The predicted molar refractivity (Wildman–Crippen MR) is 97.5 cm³/mol. The van der Waals surface area contributed by atoms with Gasteiger partial charge < -0.3 is 19.5 Å². The monoisotopic (exact) mass is 350 g/mol. The molecule has 0 atom stereocenters. The summed E-state index contributed by atoms with van der Waals surface area (Å²) < 4.78 is 16.9. The van der Waals surface area contributed by atoms with Gasteiger partial charge in [-0.3, -0.25) is 4.79 Å². The zero-order valence-electron chi connectivity index (χ0n) is 14.1. The number of nitrogens with one attached hydrogen (secondary N) is 1. The third-order valence-electron chi connectivity index (χ3n) is 3.94. The first-order valence-corrected chi connectivity index (χ1v) is 8.46. The van der Waals surface area contributed by atoms with Crippen LogP contribution in [0.2, 0.25) is 0 Å². The second-order valence-corrected chi connectivity index (χ2v) is 5.90. The minimum absolute atomic E-state index is 0.203. The van der Waals surface area contributed by atoms with Crippen LogP contribution in [0.25, 0.3) is 6.08 Å². The molecule has 0 saturated carbocycles. The van der Waals surface area contributed by atoms with Crippen molar-refractivity contribution in [2.45, 2.75) is 6.42 Å². The molecule has 2 aliphatic rings. The van der Waals surface area contributed by atoms with Gasteiger partial charge in [0.15, 0.2) is 11.5 Å². The second kappa shape index (κ2) is 7.31. The van der Waals surface area contributed by atoms with Gasteiger partial charge in [0, 0.05) is 6.42 Å². The lowest BCUT2D eigenvalue weighted by molar-refractivity contribution is -0.115. The van der Waals surface area contributed by atoms with Gasteiger partial charge >= 0.3 is 0 Å². The Balaban J connectivity index is 1.49. The number of rotatable bonds is 4. The summed E-state index contributed by atoms with van der Waals surface area (Å²) >= 11 is 0. The van der Waals surface area contributed by atoms with Gasteiger partial charge in [-0.15, -0.1) is 0 Å². The average Bonchev–Trinajstić information content (AvgIpc) is 2.86. The topological polar surface area (TPSA) is 69.2 Å². The van der Waals surface area contributed by atoms with Crippen LogP contribution in [-0.4, -0.2) is 31.6 Å². The van der Waals surface area contributed by atoms with E-state index in [2.05, 4.69) is 10.3 Å². The van der Waals surface area contributed by atoms with E-state index in [1.54, 1.807) is 6.08 Å². The number of amidine groups is 1. The molecule has 2 aromatic carbocycles. The van der Waals surface area contributed by atoms with Gasteiger partial charge in [0.25, 0.3) is 5.91 Å². The third kappa shape index (κ3) is 3.69. The molecule has 0 bridgehead atoms. The summed E-state index contributed by atoms with van der Waals surface area (Å²) in [5.41, 5.74) is 1.17. The summed E-state index contributed by atoms with van der Waals surface area (Å²) in [5, 5.41) is 2.73. The fourth-order valence-electron chi connectivity index (χ4n) is 2.68. The van der Waals surface area contributed by atoms with Crippen molar-refractivity contribution in [1.82, 2.24) is 5.32 Å². The molecule has 2 aliphatic heterocycles. The summed E-state index contributed by atoms with van der Waals surface area (Å²) in [6.45, 7) is 1.46. The normalized spacial score (nSPS) is 17.5. The van der Waals surface area contributed by atoms with E-state index in [1.807, 2.05) is 48.5 Å². The highest BCUT2D eigenvalue weighted by Gasteiger charge is 2.20. The standard InChI is InChI=1S/C20H18N2O4/c23-20-16(21-19(22-20)13-26-15-5-2-1-3-6-15)11-14-7-8-17-18(12-14)25-10-4-9-24-17/h1-3,5-8,11-12H,4,9-10,13H2,(H,21,22,23)/b16-11+. The smallest absolute Gasteiger partial charge is 0.275 e. The van der Waals surface area contributed by atoms with Crippen LogP contribution in [0, 0.1) is 0 Å². The molecule has 2 heterocycles. The Bertz CT molecular complexity index is 875. The molecule has 0 saturated heterocycles. The lowest BCUT2D eigenvalue weighted by Gasteiger charge is -2.07. The van der Waals surface area contributed by atoms with Crippen molar-refractivity contribution in [3.05, 3.63) is 59.8 Å². The van der Waals surface area contributed by atoms with Crippen LogP contribution in [0.15, 0.2) is 59.2 Å². The summed E-state index contributed by atoms with van der Waals surface area (Å²) in [6.07, 6.45) is 2.57. The van der Waals surface area contributed by atoms with E-state index < -0.39 is 0 Å². The van der Waals surface area contributed by atoms with Crippen LogP contribution in [0.5, 0.6) is 17.2 Å². The number of nitrogens with zero attached hydrogens (tertiary/aromatic N) is 1. The Morgan fingerprint density at radius 2 is 1.88 bits per heavy atom. The van der Waals surface area contributed by atoms with Gasteiger partial charge in [0.05, 0.1) is 13.2 Å². The number of carbonyl (C=O) groups is 1. The zero-order valence-corrected chi connectivity index (χ0v) is 14.1. The predicted octanol–water partition coefficient (Wildman–Crippen LogP) is 2.80. The van der Waals surface area contributed by atoms with E-state index in [4.69, 9.17) is 14.2 Å². The summed E-state index contributed by atoms with van der Waals surface area (Å²) in [5.74, 6) is 2.38. The van der Waals surface area contributed by atoms with Crippen LogP contribution in [0.1, 0.15) is 12.0 Å². The first-order valence-electron chi connectivity index (χ1n) is 8.46. The van der Waals surface area contributed by atoms with Gasteiger partial charge in [-0.05, 0) is 35.9 Å². The number of aliphatic imine (C=N–C) groups is 1. The number of benzene rings is 2. The molecule has 26 heavy (non-hydrogen) atoms. The fraction of sp³-hybridized carbons (Fsp3) is 0.200. The fourth-order valence-corrected chi connectivity index (χ4v) is 2.68. The number of amides is 1. The molecule has 0 radical (unpaired) electrons. The maximum Gasteiger partial charge on any atom is 0.275 e. The molecule has 1 amide bonds. The Morgan fingerprint density at radius 1 is 1.08 bits per heavy atom. The molecule has 0 aliphatic carbocycles. The zero-order chi connectivity index (χ0) is 17.8. The Hall–Kier alpha value is -3.28. The first-order chi connectivity index (χ1) is 12.8. The highest BCUT2D eigenvalue weighted by molar-refractivity contribution is 6.14. The van der Waals surface area contributed by atoms with E-state index >= 15 is 0 Å². The van der Waals surface area contributed by atoms with Crippen molar-refractivity contribution in [2.75, 3.05) is 19.8 Å². The molecule has 0 unspecified atom stereocenters. The lowest BCUT2D eigenvalue weighted by atomic mass is 10.1. The quantitative estimate of drug-likeness (QED) is 0.861. The Morgan fingerprint density at radius 3 is 2.73 bits per heavy atom. The van der Waals surface area contributed by atoms with Crippen LogP contribution in [-0.2, 0) is 4.79 Å². The number of fused-ring (bicyclic) bond motifs is 1. The maximum atomic E-state index is 12.1. The number of hydrogen-bond donors (Lipinski definition) is 1.